The average Bonchev–Trinajstić information content (AvgIpc) is 2.55. The van der Waals surface area contributed by atoms with Crippen LogP contribution < -0.4 is 0 Å². The molecule has 0 fully saturated rings. The zero-order chi connectivity index (χ0) is 11.7. The molecule has 0 radical (unpaired) electrons. The van der Waals surface area contributed by atoms with Crippen LogP contribution in [0.4, 0.5) is 5.69 Å². The number of non-ortho nitro benzene ring substituents is 1. The van der Waals surface area contributed by atoms with Gasteiger partial charge in [-0.1, -0.05) is 11.2 Å². The van der Waals surface area contributed by atoms with Crippen LogP contribution in [0.15, 0.2) is 23.3 Å². The van der Waals surface area contributed by atoms with Crippen molar-refractivity contribution in [1.29, 1.82) is 0 Å². The Morgan fingerprint density at radius 1 is 1.62 bits per heavy atom. The lowest BCUT2D eigenvalue weighted by Gasteiger charge is -2.07. The Morgan fingerprint density at radius 3 is 3.00 bits per heavy atom. The molecule has 2 unspecified atom stereocenters. The molecular weight excluding hydrogens is 212 g/mol. The minimum atomic E-state index is -0.798. The molecule has 0 aromatic heterocycles. The molecule has 7 nitrogen and oxygen atoms in total. The molecule has 2 rings (SSSR count). The summed E-state index contributed by atoms with van der Waals surface area (Å²) in [5, 5.41) is 23.7. The van der Waals surface area contributed by atoms with Crippen molar-refractivity contribution in [2.75, 3.05) is 0 Å². The summed E-state index contributed by atoms with van der Waals surface area (Å²) in [6.45, 7) is 0. The van der Waals surface area contributed by atoms with Crippen molar-refractivity contribution in [3.8, 4) is 0 Å². The molecule has 16 heavy (non-hydrogen) atoms. The number of benzene rings is 1. The molecule has 1 aliphatic rings. The van der Waals surface area contributed by atoms with Crippen LogP contribution in [0.5, 0.6) is 0 Å². The van der Waals surface area contributed by atoms with E-state index in [1.807, 2.05) is 0 Å². The molecule has 0 aliphatic heterocycles. The minimum absolute atomic E-state index is 0.0639. The molecule has 7 heteroatoms. The van der Waals surface area contributed by atoms with E-state index in [1.54, 1.807) is 6.07 Å². The van der Waals surface area contributed by atoms with E-state index in [9.17, 15) is 15.2 Å². The minimum Gasteiger partial charge on any atom is -0.392 e. The Labute approximate surface area is 90.1 Å². The van der Waals surface area contributed by atoms with E-state index >= 15 is 0 Å². The molecular formula is C9H8N4O3. The number of aliphatic hydroxyl groups is 1. The molecule has 82 valence electrons. The molecule has 1 aliphatic carbocycles. The van der Waals surface area contributed by atoms with Gasteiger partial charge in [-0.3, -0.25) is 10.1 Å². The second-order valence-electron chi connectivity index (χ2n) is 3.56. The number of nitrogens with zero attached hydrogens (tertiary/aromatic N) is 4. The number of rotatable bonds is 2. The highest BCUT2D eigenvalue weighted by molar-refractivity contribution is 5.45. The summed E-state index contributed by atoms with van der Waals surface area (Å²) in [4.78, 5) is 12.7. The van der Waals surface area contributed by atoms with Crippen molar-refractivity contribution < 1.29 is 10.0 Å². The van der Waals surface area contributed by atoms with E-state index in [2.05, 4.69) is 10.0 Å². The Morgan fingerprint density at radius 2 is 2.38 bits per heavy atom. The topological polar surface area (TPSA) is 112 Å². The van der Waals surface area contributed by atoms with Crippen molar-refractivity contribution in [1.82, 2.24) is 0 Å². The predicted octanol–water partition coefficient (Wildman–Crippen LogP) is 1.86. The molecule has 1 aromatic carbocycles. The maximum absolute atomic E-state index is 10.6. The van der Waals surface area contributed by atoms with Crippen LogP contribution >= 0.6 is 0 Å². The van der Waals surface area contributed by atoms with Crippen LogP contribution in [-0.4, -0.2) is 16.1 Å². The first-order chi connectivity index (χ1) is 7.63. The van der Waals surface area contributed by atoms with Crippen molar-refractivity contribution >= 4 is 5.69 Å². The summed E-state index contributed by atoms with van der Waals surface area (Å²) in [7, 11) is 0. The molecule has 1 N–H and O–H groups in total. The zero-order valence-corrected chi connectivity index (χ0v) is 8.15. The highest BCUT2D eigenvalue weighted by atomic mass is 16.6. The van der Waals surface area contributed by atoms with Crippen LogP contribution in [0.3, 0.4) is 0 Å². The van der Waals surface area contributed by atoms with Gasteiger partial charge < -0.3 is 5.11 Å². The van der Waals surface area contributed by atoms with E-state index in [-0.39, 0.29) is 5.69 Å². The SMILES string of the molecule is [N-]=[N+]=NC1c2cc([N+](=O)[O-])ccc2CC1O. The second kappa shape index (κ2) is 3.80. The first-order valence-corrected chi connectivity index (χ1v) is 4.63. The van der Waals surface area contributed by atoms with E-state index in [1.165, 1.54) is 12.1 Å². The van der Waals surface area contributed by atoms with E-state index in [0.29, 0.717) is 12.0 Å². The average molecular weight is 220 g/mol. The highest BCUT2D eigenvalue weighted by Gasteiger charge is 2.31. The van der Waals surface area contributed by atoms with E-state index < -0.39 is 17.1 Å². The lowest BCUT2D eigenvalue weighted by Crippen LogP contribution is -2.10. The normalized spacial score (nSPS) is 22.3. The lowest BCUT2D eigenvalue weighted by molar-refractivity contribution is -0.384. The highest BCUT2D eigenvalue weighted by Crippen LogP contribution is 2.36. The van der Waals surface area contributed by atoms with E-state index in [4.69, 9.17) is 5.53 Å². The Hall–Kier alpha value is -2.11. The van der Waals surface area contributed by atoms with Gasteiger partial charge in [0.15, 0.2) is 0 Å². The van der Waals surface area contributed by atoms with Gasteiger partial charge >= 0.3 is 0 Å². The third-order valence-electron chi connectivity index (χ3n) is 2.63. The predicted molar refractivity (Wildman–Crippen MR) is 54.7 cm³/mol. The number of azide groups is 1. The van der Waals surface area contributed by atoms with Crippen LogP contribution in [0.25, 0.3) is 10.4 Å². The summed E-state index contributed by atoms with van der Waals surface area (Å²) < 4.78 is 0. The summed E-state index contributed by atoms with van der Waals surface area (Å²) >= 11 is 0. The monoisotopic (exact) mass is 220 g/mol. The van der Waals surface area contributed by atoms with E-state index in [0.717, 1.165) is 5.56 Å². The summed E-state index contributed by atoms with van der Waals surface area (Å²) in [6, 6.07) is 3.60. The van der Waals surface area contributed by atoms with Crippen molar-refractivity contribution in [3.63, 3.8) is 0 Å². The zero-order valence-electron chi connectivity index (χ0n) is 8.15. The summed E-state index contributed by atoms with van der Waals surface area (Å²) in [6.07, 6.45) is -0.440. The number of fused-ring (bicyclic) bond motifs is 1. The first kappa shape index (κ1) is 10.4. The van der Waals surface area contributed by atoms with Gasteiger partial charge in [0.05, 0.1) is 17.1 Å². The maximum Gasteiger partial charge on any atom is 0.269 e. The maximum atomic E-state index is 10.6. The molecule has 0 spiro atoms. The fourth-order valence-electron chi connectivity index (χ4n) is 1.90. The van der Waals surface area contributed by atoms with Crippen LogP contribution in [0, 0.1) is 10.1 Å². The number of hydrogen-bond acceptors (Lipinski definition) is 4. The van der Waals surface area contributed by atoms with Crippen molar-refractivity contribution in [2.45, 2.75) is 18.6 Å². The smallest absolute Gasteiger partial charge is 0.269 e. The molecule has 0 saturated heterocycles. The van der Waals surface area contributed by atoms with Crippen LogP contribution in [-0.2, 0) is 6.42 Å². The molecule has 0 amide bonds. The van der Waals surface area contributed by atoms with Gasteiger partial charge in [0, 0.05) is 17.0 Å². The molecule has 0 heterocycles. The largest absolute Gasteiger partial charge is 0.392 e. The molecule has 0 saturated carbocycles. The Balaban J connectivity index is 2.49. The van der Waals surface area contributed by atoms with Crippen molar-refractivity contribution in [2.24, 2.45) is 5.11 Å². The first-order valence-electron chi connectivity index (χ1n) is 4.63. The van der Waals surface area contributed by atoms with Gasteiger partial charge in [-0.05, 0) is 23.1 Å². The summed E-state index contributed by atoms with van der Waals surface area (Å²) in [5.41, 5.74) is 9.63. The quantitative estimate of drug-likeness (QED) is 0.270. The number of nitro benzene ring substituents is 1. The van der Waals surface area contributed by atoms with Gasteiger partial charge in [0.25, 0.3) is 5.69 Å². The third kappa shape index (κ3) is 1.58. The molecule has 1 aromatic rings. The van der Waals surface area contributed by atoms with Crippen LogP contribution in [0.2, 0.25) is 0 Å². The van der Waals surface area contributed by atoms with Gasteiger partial charge in [-0.2, -0.15) is 0 Å². The van der Waals surface area contributed by atoms with Crippen molar-refractivity contribution in [3.05, 3.63) is 49.9 Å². The van der Waals surface area contributed by atoms with Gasteiger partial charge in [-0.15, -0.1) is 0 Å². The number of hydrogen-bond donors (Lipinski definition) is 1. The third-order valence-corrected chi connectivity index (χ3v) is 2.63. The van der Waals surface area contributed by atoms with Crippen LogP contribution in [0.1, 0.15) is 17.2 Å². The Kier molecular flexibility index (Phi) is 2.47. The fourth-order valence-corrected chi connectivity index (χ4v) is 1.90. The summed E-state index contributed by atoms with van der Waals surface area (Å²) in [5.74, 6) is 0. The lowest BCUT2D eigenvalue weighted by atomic mass is 10.1. The Bertz CT molecular complexity index is 496. The number of aliphatic hydroxyl groups excluding tert-OH is 1. The molecule has 2 atom stereocenters. The fraction of sp³-hybridized carbons (Fsp3) is 0.333. The molecule has 0 bridgehead atoms. The van der Waals surface area contributed by atoms with Gasteiger partial charge in [0.1, 0.15) is 0 Å². The standard InChI is InChI=1S/C9H8N4O3/c10-12-11-9-7-4-6(13(15)16)2-1-5(7)3-8(9)14/h1-2,4,8-9,14H,3H2. The number of nitro groups is 1. The van der Waals surface area contributed by atoms with Gasteiger partial charge in [-0.25, -0.2) is 0 Å². The van der Waals surface area contributed by atoms with Gasteiger partial charge in [0.2, 0.25) is 0 Å². The second-order valence-corrected chi connectivity index (χ2v) is 3.56.